The molecule has 0 aromatic heterocycles. The molecule has 0 bridgehead atoms. The lowest BCUT2D eigenvalue weighted by molar-refractivity contribution is -0.357. The molecule has 2 N–H and O–H groups in total. The highest BCUT2D eigenvalue weighted by atomic mass is 19.4. The van der Waals surface area contributed by atoms with Crippen molar-refractivity contribution in [3.05, 3.63) is 0 Å². The number of carboxylic acids is 2. The Balaban J connectivity index is 5.21. The summed E-state index contributed by atoms with van der Waals surface area (Å²) in [4.78, 5) is 20.5. The van der Waals surface area contributed by atoms with E-state index >= 15 is 0 Å². The molecule has 0 saturated carbocycles. The molecule has 0 radical (unpaired) electrons. The van der Waals surface area contributed by atoms with E-state index in [-0.39, 0.29) is 0 Å². The maximum atomic E-state index is 12.8. The van der Waals surface area contributed by atoms with Gasteiger partial charge in [0, 0.05) is 6.42 Å². The Morgan fingerprint density at radius 1 is 0.947 bits per heavy atom. The second kappa shape index (κ2) is 5.21. The summed E-state index contributed by atoms with van der Waals surface area (Å²) in [6.07, 6.45) is -10.5. The van der Waals surface area contributed by atoms with Crippen molar-refractivity contribution in [1.82, 2.24) is 0 Å². The third-order valence-corrected chi connectivity index (χ3v) is 2.09. The smallest absolute Gasteiger partial charge is 0.459 e. The Kier molecular flexibility index (Phi) is 4.79. The molecule has 1 atom stereocenters. The summed E-state index contributed by atoms with van der Waals surface area (Å²) in [7, 11) is 0. The zero-order valence-corrected chi connectivity index (χ0v) is 8.85. The van der Waals surface area contributed by atoms with E-state index < -0.39 is 48.7 Å². The Morgan fingerprint density at radius 2 is 1.37 bits per heavy atom. The summed E-state index contributed by atoms with van der Waals surface area (Å²) in [6.45, 7) is 0. The highest BCUT2D eigenvalue weighted by Crippen LogP contribution is 2.49. The molecule has 0 amide bonds. The molecule has 0 aromatic carbocycles. The van der Waals surface area contributed by atoms with E-state index in [1.54, 1.807) is 0 Å². The molecule has 11 heteroatoms. The molecular weight excluding hydrogens is 293 g/mol. The summed E-state index contributed by atoms with van der Waals surface area (Å²) < 4.78 is 85.8. The fraction of sp³-hybridized carbons (Fsp3) is 0.750. The summed E-state index contributed by atoms with van der Waals surface area (Å²) in [5, 5.41) is 16.5. The molecule has 0 saturated heterocycles. The van der Waals surface area contributed by atoms with Crippen LogP contribution in [0.5, 0.6) is 0 Å². The summed E-state index contributed by atoms with van der Waals surface area (Å²) in [5.74, 6) is -18.9. The molecule has 0 fully saturated rings. The molecule has 0 spiro atoms. The minimum atomic E-state index is -6.58. The van der Waals surface area contributed by atoms with Crippen molar-refractivity contribution in [2.75, 3.05) is 0 Å². The Hall–Kier alpha value is -1.55. The first-order chi connectivity index (χ1) is 8.22. The van der Waals surface area contributed by atoms with E-state index in [0.29, 0.717) is 0 Å². The van der Waals surface area contributed by atoms with Crippen LogP contribution in [-0.4, -0.2) is 40.2 Å². The van der Waals surface area contributed by atoms with Gasteiger partial charge in [0.25, 0.3) is 0 Å². The standard InChI is InChI=1S/C8H7F7O4/c9-6(10,7(11,12)8(13,14)15)2-3(5(18)19)1-4(16)17/h3H,1-2H2,(H,16,17)(H,18,19)/t3-/m0/s1. The first-order valence-corrected chi connectivity index (χ1v) is 4.49. The van der Waals surface area contributed by atoms with Crippen molar-refractivity contribution in [2.45, 2.75) is 30.9 Å². The van der Waals surface area contributed by atoms with Crippen molar-refractivity contribution in [3.63, 3.8) is 0 Å². The van der Waals surface area contributed by atoms with Gasteiger partial charge in [-0.2, -0.15) is 30.7 Å². The number of halogens is 7. The topological polar surface area (TPSA) is 74.6 Å². The van der Waals surface area contributed by atoms with Crippen LogP contribution >= 0.6 is 0 Å². The van der Waals surface area contributed by atoms with Gasteiger partial charge in [-0.25, -0.2) is 0 Å². The van der Waals surface area contributed by atoms with E-state index in [4.69, 9.17) is 10.2 Å². The normalized spacial score (nSPS) is 15.1. The summed E-state index contributed by atoms with van der Waals surface area (Å²) in [6, 6.07) is 0. The van der Waals surface area contributed by atoms with Gasteiger partial charge in [0.05, 0.1) is 12.3 Å². The minimum absolute atomic E-state index is 1.50. The number of aliphatic carboxylic acids is 2. The molecule has 0 heterocycles. The molecule has 0 aliphatic carbocycles. The lowest BCUT2D eigenvalue weighted by Gasteiger charge is -2.29. The molecule has 0 aliphatic rings. The Bertz CT molecular complexity index is 363. The van der Waals surface area contributed by atoms with Crippen molar-refractivity contribution in [1.29, 1.82) is 0 Å². The average molecular weight is 300 g/mol. The Labute approximate surface area is 100 Å². The van der Waals surface area contributed by atoms with Gasteiger partial charge < -0.3 is 10.2 Å². The molecule has 4 nitrogen and oxygen atoms in total. The minimum Gasteiger partial charge on any atom is -0.481 e. The number of alkyl halides is 7. The highest BCUT2D eigenvalue weighted by Gasteiger charge is 2.73. The van der Waals surface area contributed by atoms with Gasteiger partial charge in [0.1, 0.15) is 0 Å². The largest absolute Gasteiger partial charge is 0.481 e. The van der Waals surface area contributed by atoms with Crippen molar-refractivity contribution < 1.29 is 50.5 Å². The third kappa shape index (κ3) is 3.96. The first kappa shape index (κ1) is 17.4. The molecule has 0 rings (SSSR count). The van der Waals surface area contributed by atoms with E-state index in [1.807, 2.05) is 0 Å². The van der Waals surface area contributed by atoms with Gasteiger partial charge in [-0.3, -0.25) is 9.59 Å². The quantitative estimate of drug-likeness (QED) is 0.739. The van der Waals surface area contributed by atoms with Crippen LogP contribution in [0.2, 0.25) is 0 Å². The zero-order valence-electron chi connectivity index (χ0n) is 8.85. The molecule has 0 aromatic rings. The first-order valence-electron chi connectivity index (χ1n) is 4.49. The van der Waals surface area contributed by atoms with Gasteiger partial charge in [0.15, 0.2) is 0 Å². The van der Waals surface area contributed by atoms with Gasteiger partial charge in [-0.05, 0) is 0 Å². The lowest BCUT2D eigenvalue weighted by atomic mass is 9.94. The summed E-state index contributed by atoms with van der Waals surface area (Å²) in [5.41, 5.74) is 0. The molecule has 0 aliphatic heterocycles. The average Bonchev–Trinajstić information content (AvgIpc) is 2.13. The van der Waals surface area contributed by atoms with Crippen molar-refractivity contribution >= 4 is 11.9 Å². The van der Waals surface area contributed by atoms with Crippen LogP contribution in [0.15, 0.2) is 0 Å². The van der Waals surface area contributed by atoms with Crippen LogP contribution in [0.4, 0.5) is 30.7 Å². The van der Waals surface area contributed by atoms with E-state index in [0.717, 1.165) is 0 Å². The monoisotopic (exact) mass is 300 g/mol. The van der Waals surface area contributed by atoms with E-state index in [1.165, 1.54) is 0 Å². The molecule has 112 valence electrons. The van der Waals surface area contributed by atoms with Crippen LogP contribution in [-0.2, 0) is 9.59 Å². The van der Waals surface area contributed by atoms with Gasteiger partial charge in [0.2, 0.25) is 0 Å². The number of carboxylic acid groups (broad SMARTS) is 2. The van der Waals surface area contributed by atoms with E-state index in [2.05, 4.69) is 0 Å². The van der Waals surface area contributed by atoms with Crippen LogP contribution in [0.1, 0.15) is 12.8 Å². The number of carbonyl (C=O) groups is 2. The number of hydrogen-bond donors (Lipinski definition) is 2. The predicted octanol–water partition coefficient (Wildman–Crippen LogP) is 2.38. The molecule has 19 heavy (non-hydrogen) atoms. The van der Waals surface area contributed by atoms with Gasteiger partial charge >= 0.3 is 30.0 Å². The van der Waals surface area contributed by atoms with Crippen molar-refractivity contribution in [3.8, 4) is 0 Å². The number of rotatable bonds is 6. The number of hydrogen-bond acceptors (Lipinski definition) is 2. The fourth-order valence-electron chi connectivity index (χ4n) is 1.10. The highest BCUT2D eigenvalue weighted by molar-refractivity contribution is 5.77. The second-order valence-electron chi connectivity index (χ2n) is 3.61. The lowest BCUT2D eigenvalue weighted by Crippen LogP contribution is -2.53. The predicted molar refractivity (Wildman–Crippen MR) is 43.9 cm³/mol. The second-order valence-corrected chi connectivity index (χ2v) is 3.61. The van der Waals surface area contributed by atoms with Crippen LogP contribution in [0, 0.1) is 5.92 Å². The van der Waals surface area contributed by atoms with Gasteiger partial charge in [-0.1, -0.05) is 0 Å². The zero-order chi connectivity index (χ0) is 15.6. The fourth-order valence-corrected chi connectivity index (χ4v) is 1.10. The molecular formula is C8H7F7O4. The van der Waals surface area contributed by atoms with Crippen molar-refractivity contribution in [2.24, 2.45) is 5.92 Å². The Morgan fingerprint density at radius 3 is 1.63 bits per heavy atom. The van der Waals surface area contributed by atoms with Crippen LogP contribution < -0.4 is 0 Å². The maximum Gasteiger partial charge on any atom is 0.459 e. The molecule has 0 unspecified atom stereocenters. The maximum absolute atomic E-state index is 12.8. The van der Waals surface area contributed by atoms with E-state index in [9.17, 15) is 40.3 Å². The summed E-state index contributed by atoms with van der Waals surface area (Å²) >= 11 is 0. The van der Waals surface area contributed by atoms with Gasteiger partial charge in [-0.15, -0.1) is 0 Å². The SMILES string of the molecule is O=C(O)C[C@@H](CC(F)(F)C(F)(F)C(F)(F)F)C(=O)O. The van der Waals surface area contributed by atoms with Crippen LogP contribution in [0.25, 0.3) is 0 Å². The third-order valence-electron chi connectivity index (χ3n) is 2.09. The van der Waals surface area contributed by atoms with Crippen LogP contribution in [0.3, 0.4) is 0 Å².